The van der Waals surface area contributed by atoms with Gasteiger partial charge in [0.05, 0.1) is 5.56 Å². The van der Waals surface area contributed by atoms with E-state index >= 15 is 0 Å². The van der Waals surface area contributed by atoms with Crippen LogP contribution in [0.4, 0.5) is 4.79 Å². The second kappa shape index (κ2) is 9.42. The first-order valence-corrected chi connectivity index (χ1v) is 9.03. The lowest BCUT2D eigenvalue weighted by Gasteiger charge is -2.26. The van der Waals surface area contributed by atoms with Gasteiger partial charge in [0.25, 0.3) is 0 Å². The Morgan fingerprint density at radius 3 is 2.36 bits per heavy atom. The number of amides is 2. The van der Waals surface area contributed by atoms with Crippen molar-refractivity contribution in [1.29, 1.82) is 0 Å². The Kier molecular flexibility index (Phi) is 7.25. The Hall–Kier alpha value is -2.08. The third-order valence-corrected chi connectivity index (χ3v) is 4.42. The second-order valence-electron chi connectivity index (χ2n) is 7.16. The van der Waals surface area contributed by atoms with Gasteiger partial charge < -0.3 is 20.6 Å². The number of hydrogen-bond donors (Lipinski definition) is 3. The van der Waals surface area contributed by atoms with Crippen LogP contribution in [0.15, 0.2) is 24.3 Å². The summed E-state index contributed by atoms with van der Waals surface area (Å²) in [5.74, 6) is -0.424. The summed E-state index contributed by atoms with van der Waals surface area (Å²) in [5, 5.41) is 14.8. The van der Waals surface area contributed by atoms with Crippen LogP contribution in [0.5, 0.6) is 0 Å². The Morgan fingerprint density at radius 2 is 1.80 bits per heavy atom. The van der Waals surface area contributed by atoms with Gasteiger partial charge in [-0.1, -0.05) is 26.0 Å². The lowest BCUT2D eigenvalue weighted by molar-refractivity contribution is 0.0697. The minimum absolute atomic E-state index is 0.146. The highest BCUT2D eigenvalue weighted by Crippen LogP contribution is 2.12. The Morgan fingerprint density at radius 1 is 1.16 bits per heavy atom. The van der Waals surface area contributed by atoms with E-state index < -0.39 is 5.97 Å². The number of hydrogen-bond acceptors (Lipinski definition) is 3. The first kappa shape index (κ1) is 19.2. The third-order valence-electron chi connectivity index (χ3n) is 4.42. The minimum Gasteiger partial charge on any atom is -0.478 e. The van der Waals surface area contributed by atoms with E-state index in [0.717, 1.165) is 31.6 Å². The number of carboxylic acid groups (broad SMARTS) is 1. The summed E-state index contributed by atoms with van der Waals surface area (Å²) in [6.07, 6.45) is 3.44. The van der Waals surface area contributed by atoms with E-state index in [4.69, 9.17) is 5.11 Å². The molecule has 1 fully saturated rings. The molecule has 2 rings (SSSR count). The molecule has 1 aliphatic heterocycles. The van der Waals surface area contributed by atoms with Crippen molar-refractivity contribution in [3.8, 4) is 0 Å². The fraction of sp³-hybridized carbons (Fsp3) is 0.579. The number of nitrogens with one attached hydrogen (secondary N) is 2. The van der Waals surface area contributed by atoms with Gasteiger partial charge in [0.15, 0.2) is 0 Å². The lowest BCUT2D eigenvalue weighted by atomic mass is 10.0. The van der Waals surface area contributed by atoms with Crippen molar-refractivity contribution in [2.24, 2.45) is 5.92 Å². The van der Waals surface area contributed by atoms with Crippen molar-refractivity contribution in [2.75, 3.05) is 19.6 Å². The maximum absolute atomic E-state index is 12.2. The zero-order valence-corrected chi connectivity index (χ0v) is 15.1. The average Bonchev–Trinajstić information content (AvgIpc) is 3.05. The zero-order valence-electron chi connectivity index (χ0n) is 15.1. The summed E-state index contributed by atoms with van der Waals surface area (Å²) in [5.41, 5.74) is 1.12. The van der Waals surface area contributed by atoms with E-state index in [1.807, 2.05) is 0 Å². The van der Waals surface area contributed by atoms with Gasteiger partial charge in [0, 0.05) is 19.1 Å². The number of rotatable bonds is 8. The Balaban J connectivity index is 1.81. The Labute approximate surface area is 149 Å². The molecule has 0 radical (unpaired) electrons. The van der Waals surface area contributed by atoms with Crippen LogP contribution in [-0.4, -0.2) is 47.7 Å². The molecule has 1 aromatic carbocycles. The monoisotopic (exact) mass is 347 g/mol. The van der Waals surface area contributed by atoms with Gasteiger partial charge in [0.1, 0.15) is 0 Å². The maximum atomic E-state index is 12.2. The van der Waals surface area contributed by atoms with Gasteiger partial charge in [-0.2, -0.15) is 0 Å². The first-order valence-electron chi connectivity index (χ1n) is 9.03. The molecule has 0 saturated carbocycles. The number of aromatic carboxylic acids is 1. The molecule has 0 aromatic heterocycles. The molecular weight excluding hydrogens is 318 g/mol. The number of urea groups is 1. The Bertz CT molecular complexity index is 566. The highest BCUT2D eigenvalue weighted by atomic mass is 16.4. The smallest absolute Gasteiger partial charge is 0.335 e. The molecule has 25 heavy (non-hydrogen) atoms. The van der Waals surface area contributed by atoms with Crippen molar-refractivity contribution >= 4 is 12.0 Å². The van der Waals surface area contributed by atoms with Crippen LogP contribution >= 0.6 is 0 Å². The molecule has 1 aliphatic rings. The van der Waals surface area contributed by atoms with Gasteiger partial charge >= 0.3 is 12.0 Å². The largest absolute Gasteiger partial charge is 0.478 e. The highest BCUT2D eigenvalue weighted by molar-refractivity contribution is 5.87. The summed E-state index contributed by atoms with van der Waals surface area (Å²) < 4.78 is 0. The van der Waals surface area contributed by atoms with Gasteiger partial charge in [-0.05, 0) is 56.0 Å². The molecule has 0 aliphatic carbocycles. The predicted molar refractivity (Wildman–Crippen MR) is 97.7 cm³/mol. The van der Waals surface area contributed by atoms with Crippen LogP contribution in [0.25, 0.3) is 0 Å². The summed E-state index contributed by atoms with van der Waals surface area (Å²) in [4.78, 5) is 25.5. The number of carbonyl (C=O) groups excluding carboxylic acids is 1. The molecule has 1 heterocycles. The minimum atomic E-state index is -0.948. The van der Waals surface area contributed by atoms with Gasteiger partial charge in [-0.3, -0.25) is 0 Å². The molecular formula is C19H29N3O3. The molecule has 1 atom stereocenters. The molecule has 0 unspecified atom stereocenters. The number of carboxylic acids is 1. The second-order valence-corrected chi connectivity index (χ2v) is 7.16. The van der Waals surface area contributed by atoms with Crippen LogP contribution in [0.3, 0.4) is 0 Å². The normalized spacial score (nSPS) is 16.0. The molecule has 1 aromatic rings. The average molecular weight is 347 g/mol. The van der Waals surface area contributed by atoms with Crippen LogP contribution in [-0.2, 0) is 6.54 Å². The van der Waals surface area contributed by atoms with Crippen LogP contribution in [0.2, 0.25) is 0 Å². The summed E-state index contributed by atoms with van der Waals surface area (Å²) >= 11 is 0. The van der Waals surface area contributed by atoms with E-state index in [1.165, 1.54) is 12.8 Å². The molecule has 6 nitrogen and oxygen atoms in total. The molecule has 2 amide bonds. The summed E-state index contributed by atoms with van der Waals surface area (Å²) in [7, 11) is 0. The van der Waals surface area contributed by atoms with Crippen molar-refractivity contribution in [1.82, 2.24) is 15.5 Å². The van der Waals surface area contributed by atoms with E-state index in [0.29, 0.717) is 12.5 Å². The number of likely N-dealkylation sites (tertiary alicyclic amines) is 1. The first-order chi connectivity index (χ1) is 11.9. The van der Waals surface area contributed by atoms with Gasteiger partial charge in [-0.15, -0.1) is 0 Å². The maximum Gasteiger partial charge on any atom is 0.335 e. The molecule has 3 N–H and O–H groups in total. The fourth-order valence-corrected chi connectivity index (χ4v) is 3.21. The third kappa shape index (κ3) is 6.74. The van der Waals surface area contributed by atoms with Crippen molar-refractivity contribution in [3.63, 3.8) is 0 Å². The van der Waals surface area contributed by atoms with E-state index in [-0.39, 0.29) is 17.6 Å². The predicted octanol–water partition coefficient (Wildman–Crippen LogP) is 2.69. The van der Waals surface area contributed by atoms with E-state index in [1.54, 1.807) is 24.3 Å². The van der Waals surface area contributed by atoms with Crippen molar-refractivity contribution in [2.45, 2.75) is 45.7 Å². The fourth-order valence-electron chi connectivity index (χ4n) is 3.21. The summed E-state index contributed by atoms with van der Waals surface area (Å²) in [6, 6.07) is 6.51. The molecule has 0 spiro atoms. The standard InChI is InChI=1S/C19H29N3O3/c1-14(2)11-17(13-22-9-3-4-10-22)21-19(25)20-12-15-5-7-16(8-6-15)18(23)24/h5-8,14,17H,3-4,9-13H2,1-2H3,(H,23,24)(H2,20,21,25)/t17-/m0/s1. The lowest BCUT2D eigenvalue weighted by Crippen LogP contribution is -2.47. The van der Waals surface area contributed by atoms with Crippen molar-refractivity contribution in [3.05, 3.63) is 35.4 Å². The molecule has 138 valence electrons. The highest BCUT2D eigenvalue weighted by Gasteiger charge is 2.20. The number of benzene rings is 1. The van der Waals surface area contributed by atoms with Crippen LogP contribution < -0.4 is 10.6 Å². The quantitative estimate of drug-likeness (QED) is 0.675. The molecule has 0 bridgehead atoms. The van der Waals surface area contributed by atoms with Crippen LogP contribution in [0.1, 0.15) is 49.0 Å². The molecule has 1 saturated heterocycles. The number of carbonyl (C=O) groups is 2. The molecule has 6 heteroatoms. The van der Waals surface area contributed by atoms with Gasteiger partial charge in [0.2, 0.25) is 0 Å². The van der Waals surface area contributed by atoms with Gasteiger partial charge in [-0.25, -0.2) is 9.59 Å². The SMILES string of the molecule is CC(C)C[C@@H](CN1CCCC1)NC(=O)NCc1ccc(C(=O)O)cc1. The van der Waals surface area contributed by atoms with E-state index in [9.17, 15) is 9.59 Å². The topological polar surface area (TPSA) is 81.7 Å². The van der Waals surface area contributed by atoms with Crippen molar-refractivity contribution < 1.29 is 14.7 Å². The zero-order chi connectivity index (χ0) is 18.2. The van der Waals surface area contributed by atoms with E-state index in [2.05, 4.69) is 29.4 Å². The number of nitrogens with zero attached hydrogens (tertiary/aromatic N) is 1. The summed E-state index contributed by atoms with van der Waals surface area (Å²) in [6.45, 7) is 7.85. The van der Waals surface area contributed by atoms with Crippen LogP contribution in [0, 0.1) is 5.92 Å².